The maximum absolute atomic E-state index is 13.4. The first-order valence-electron chi connectivity index (χ1n) is 6.58. The van der Waals surface area contributed by atoms with Gasteiger partial charge in [-0.05, 0) is 12.3 Å². The molecule has 0 saturated carbocycles. The molecule has 1 nitrogen and oxygen atoms in total. The predicted octanol–water partition coefficient (Wildman–Crippen LogP) is 4.87. The van der Waals surface area contributed by atoms with Gasteiger partial charge in [0.2, 0.25) is 0 Å². The van der Waals surface area contributed by atoms with Gasteiger partial charge in [-0.25, -0.2) is 17.6 Å². The normalized spacial score (nSPS) is 12.5. The molecule has 0 amide bonds. The Morgan fingerprint density at radius 1 is 1.05 bits per heavy atom. The number of rotatable bonds is 7. The van der Waals surface area contributed by atoms with E-state index in [4.69, 9.17) is 0 Å². The van der Waals surface area contributed by atoms with Crippen LogP contribution in [0, 0.1) is 29.2 Å². The van der Waals surface area contributed by atoms with Crippen LogP contribution in [0.2, 0.25) is 0 Å². The third-order valence-corrected chi connectivity index (χ3v) is 3.22. The number of anilines is 1. The van der Waals surface area contributed by atoms with Crippen molar-refractivity contribution in [2.24, 2.45) is 5.92 Å². The van der Waals surface area contributed by atoms with Crippen molar-refractivity contribution < 1.29 is 17.6 Å². The molecule has 0 fully saturated rings. The third-order valence-electron chi connectivity index (χ3n) is 3.22. The van der Waals surface area contributed by atoms with Gasteiger partial charge in [0, 0.05) is 12.6 Å². The van der Waals surface area contributed by atoms with Gasteiger partial charge in [0.1, 0.15) is 5.69 Å². The van der Waals surface area contributed by atoms with Crippen LogP contribution in [0.5, 0.6) is 0 Å². The molecule has 0 aliphatic carbocycles. The van der Waals surface area contributed by atoms with E-state index < -0.39 is 29.0 Å². The molecule has 0 saturated heterocycles. The van der Waals surface area contributed by atoms with E-state index in [0.717, 1.165) is 25.7 Å². The monoisotopic (exact) mass is 277 g/mol. The summed E-state index contributed by atoms with van der Waals surface area (Å²) >= 11 is 0. The number of unbranched alkanes of at least 4 members (excludes halogenated alkanes) is 1. The molecule has 0 spiro atoms. The second-order valence-electron chi connectivity index (χ2n) is 4.64. The quantitative estimate of drug-likeness (QED) is 0.553. The van der Waals surface area contributed by atoms with Crippen LogP contribution in [0.15, 0.2) is 6.07 Å². The molecule has 0 aliphatic heterocycles. The van der Waals surface area contributed by atoms with Gasteiger partial charge < -0.3 is 5.32 Å². The minimum Gasteiger partial charge on any atom is -0.380 e. The summed E-state index contributed by atoms with van der Waals surface area (Å²) < 4.78 is 52.8. The first-order valence-corrected chi connectivity index (χ1v) is 6.58. The molecule has 0 aromatic heterocycles. The highest BCUT2D eigenvalue weighted by molar-refractivity contribution is 5.47. The minimum absolute atomic E-state index is 0.213. The number of benzene rings is 1. The smallest absolute Gasteiger partial charge is 0.185 e. The second kappa shape index (κ2) is 7.36. The van der Waals surface area contributed by atoms with Crippen molar-refractivity contribution in [3.63, 3.8) is 0 Å². The van der Waals surface area contributed by atoms with E-state index in [-0.39, 0.29) is 12.0 Å². The maximum atomic E-state index is 13.4. The Morgan fingerprint density at radius 2 is 1.63 bits per heavy atom. The van der Waals surface area contributed by atoms with E-state index in [1.165, 1.54) is 0 Å². The first kappa shape index (κ1) is 15.8. The lowest BCUT2D eigenvalue weighted by Gasteiger charge is -2.17. The summed E-state index contributed by atoms with van der Waals surface area (Å²) in [6.45, 7) is 4.33. The Morgan fingerprint density at radius 3 is 2.11 bits per heavy atom. The zero-order valence-electron chi connectivity index (χ0n) is 11.2. The summed E-state index contributed by atoms with van der Waals surface area (Å²) in [6.07, 6.45) is 3.81. The molecule has 0 bridgehead atoms. The van der Waals surface area contributed by atoms with E-state index in [1.807, 2.05) is 6.92 Å². The Balaban J connectivity index is 2.76. The Bertz CT molecular complexity index is 394. The van der Waals surface area contributed by atoms with Crippen molar-refractivity contribution >= 4 is 5.69 Å². The van der Waals surface area contributed by atoms with E-state index in [9.17, 15) is 17.6 Å². The van der Waals surface area contributed by atoms with Crippen molar-refractivity contribution in [2.45, 2.75) is 39.5 Å². The van der Waals surface area contributed by atoms with Gasteiger partial charge in [0.15, 0.2) is 23.3 Å². The van der Waals surface area contributed by atoms with Crippen LogP contribution in [0.4, 0.5) is 23.2 Å². The van der Waals surface area contributed by atoms with Crippen LogP contribution in [0.25, 0.3) is 0 Å². The lowest BCUT2D eigenvalue weighted by atomic mass is 9.99. The summed E-state index contributed by atoms with van der Waals surface area (Å²) in [4.78, 5) is 0. The molecule has 0 aliphatic rings. The largest absolute Gasteiger partial charge is 0.380 e. The number of nitrogens with one attached hydrogen (secondary N) is 1. The summed E-state index contributed by atoms with van der Waals surface area (Å²) in [5.74, 6) is -5.29. The molecule has 1 aromatic carbocycles. The molecular formula is C14H19F4N. The average molecular weight is 277 g/mol. The molecule has 0 radical (unpaired) electrons. The number of halogens is 4. The molecule has 1 atom stereocenters. The summed E-state index contributed by atoms with van der Waals surface area (Å²) in [7, 11) is 0. The van der Waals surface area contributed by atoms with E-state index in [2.05, 4.69) is 12.2 Å². The fourth-order valence-corrected chi connectivity index (χ4v) is 1.92. The molecule has 1 aromatic rings. The third kappa shape index (κ3) is 4.11. The van der Waals surface area contributed by atoms with E-state index >= 15 is 0 Å². The standard InChI is InChI=1S/C14H19F4N/c1-3-5-6-9(4-2)8-19-14-12(17)10(15)7-11(16)13(14)18/h7,9,19H,3-6,8H2,1-2H3. The lowest BCUT2D eigenvalue weighted by molar-refractivity contribution is 0.448. The van der Waals surface area contributed by atoms with Crippen LogP contribution in [-0.4, -0.2) is 6.54 Å². The first-order chi connectivity index (χ1) is 9.01. The highest BCUT2D eigenvalue weighted by Gasteiger charge is 2.19. The van der Waals surface area contributed by atoms with Crippen molar-refractivity contribution in [1.29, 1.82) is 0 Å². The molecule has 19 heavy (non-hydrogen) atoms. The van der Waals surface area contributed by atoms with Crippen molar-refractivity contribution in [3.8, 4) is 0 Å². The van der Waals surface area contributed by atoms with E-state index in [0.29, 0.717) is 6.54 Å². The van der Waals surface area contributed by atoms with Gasteiger partial charge in [-0.2, -0.15) is 0 Å². The maximum Gasteiger partial charge on any atom is 0.185 e. The van der Waals surface area contributed by atoms with Crippen LogP contribution < -0.4 is 5.32 Å². The topological polar surface area (TPSA) is 12.0 Å². The Kier molecular flexibility index (Phi) is 6.12. The van der Waals surface area contributed by atoms with Gasteiger partial charge in [-0.15, -0.1) is 0 Å². The SMILES string of the molecule is CCCCC(CC)CNc1c(F)c(F)cc(F)c1F. The molecular weight excluding hydrogens is 258 g/mol. The Hall–Kier alpha value is -1.26. The summed E-state index contributed by atoms with van der Waals surface area (Å²) in [6, 6.07) is 0.213. The number of hydrogen-bond donors (Lipinski definition) is 1. The van der Waals surface area contributed by atoms with Crippen molar-refractivity contribution in [3.05, 3.63) is 29.3 Å². The molecule has 108 valence electrons. The van der Waals surface area contributed by atoms with Crippen LogP contribution >= 0.6 is 0 Å². The van der Waals surface area contributed by atoms with Gasteiger partial charge in [0.25, 0.3) is 0 Å². The van der Waals surface area contributed by atoms with Gasteiger partial charge in [0.05, 0.1) is 0 Å². The van der Waals surface area contributed by atoms with Gasteiger partial charge in [-0.3, -0.25) is 0 Å². The highest BCUT2D eigenvalue weighted by Crippen LogP contribution is 2.25. The lowest BCUT2D eigenvalue weighted by Crippen LogP contribution is -2.16. The van der Waals surface area contributed by atoms with Crippen LogP contribution in [-0.2, 0) is 0 Å². The second-order valence-corrected chi connectivity index (χ2v) is 4.64. The summed E-state index contributed by atoms with van der Waals surface area (Å²) in [5, 5.41) is 2.49. The highest BCUT2D eigenvalue weighted by atomic mass is 19.2. The average Bonchev–Trinajstić information content (AvgIpc) is 2.40. The number of hydrogen-bond acceptors (Lipinski definition) is 1. The fraction of sp³-hybridized carbons (Fsp3) is 0.571. The molecule has 5 heteroatoms. The molecule has 0 heterocycles. The molecule has 1 N–H and O–H groups in total. The summed E-state index contributed by atoms with van der Waals surface area (Å²) in [5.41, 5.74) is -0.715. The van der Waals surface area contributed by atoms with Gasteiger partial charge >= 0.3 is 0 Å². The van der Waals surface area contributed by atoms with Crippen LogP contribution in [0.1, 0.15) is 39.5 Å². The van der Waals surface area contributed by atoms with Gasteiger partial charge in [-0.1, -0.05) is 33.1 Å². The van der Waals surface area contributed by atoms with Crippen molar-refractivity contribution in [1.82, 2.24) is 0 Å². The van der Waals surface area contributed by atoms with E-state index in [1.54, 1.807) is 0 Å². The van der Waals surface area contributed by atoms with Crippen molar-refractivity contribution in [2.75, 3.05) is 11.9 Å². The minimum atomic E-state index is -1.39. The molecule has 1 rings (SSSR count). The fourth-order valence-electron chi connectivity index (χ4n) is 1.92. The molecule has 1 unspecified atom stereocenters. The van der Waals surface area contributed by atoms with Crippen LogP contribution in [0.3, 0.4) is 0 Å². The predicted molar refractivity (Wildman–Crippen MR) is 68.1 cm³/mol. The zero-order chi connectivity index (χ0) is 14.4. The Labute approximate surface area is 111 Å². The zero-order valence-corrected chi connectivity index (χ0v) is 11.2.